The molecule has 0 aliphatic heterocycles. The van der Waals surface area contributed by atoms with Crippen molar-refractivity contribution >= 4 is 27.4 Å². The second-order valence-corrected chi connectivity index (χ2v) is 6.90. The Hall–Kier alpha value is -1.24. The second-order valence-electron chi connectivity index (χ2n) is 5.70. The summed E-state index contributed by atoms with van der Waals surface area (Å²) in [5, 5.41) is 10.2. The summed E-state index contributed by atoms with van der Waals surface area (Å²) in [4.78, 5) is 13.6. The molecule has 0 radical (unpaired) electrons. The van der Waals surface area contributed by atoms with E-state index in [0.717, 1.165) is 29.0 Å². The third-order valence-corrected chi connectivity index (χ3v) is 5.06. The predicted molar refractivity (Wildman–Crippen MR) is 93.2 cm³/mol. The summed E-state index contributed by atoms with van der Waals surface area (Å²) in [6.07, 6.45) is 3.52. The number of hydrogen-bond acceptors (Lipinski definition) is 6. The molecule has 22 heavy (non-hydrogen) atoms. The molecule has 0 aliphatic rings. The van der Waals surface area contributed by atoms with E-state index in [9.17, 15) is 5.11 Å². The van der Waals surface area contributed by atoms with Gasteiger partial charge in [-0.25, -0.2) is 9.97 Å². The van der Waals surface area contributed by atoms with E-state index in [1.807, 2.05) is 0 Å². The quantitative estimate of drug-likeness (QED) is 0.731. The lowest BCUT2D eigenvalue weighted by Gasteiger charge is -2.20. The third-order valence-electron chi connectivity index (χ3n) is 3.96. The van der Waals surface area contributed by atoms with Gasteiger partial charge in [0.25, 0.3) is 0 Å². The van der Waals surface area contributed by atoms with Crippen LogP contribution in [0.15, 0.2) is 0 Å². The molecule has 2 rings (SSSR count). The average Bonchev–Trinajstić information content (AvgIpc) is 2.74. The van der Waals surface area contributed by atoms with Gasteiger partial charge in [-0.2, -0.15) is 0 Å². The average molecular weight is 322 g/mol. The van der Waals surface area contributed by atoms with Crippen molar-refractivity contribution in [2.45, 2.75) is 46.6 Å². The van der Waals surface area contributed by atoms with E-state index in [-0.39, 0.29) is 6.61 Å². The lowest BCUT2D eigenvalue weighted by Crippen LogP contribution is -2.28. The van der Waals surface area contributed by atoms with Crippen molar-refractivity contribution in [1.82, 2.24) is 14.9 Å². The van der Waals surface area contributed by atoms with Crippen LogP contribution in [-0.4, -0.2) is 39.7 Å². The van der Waals surface area contributed by atoms with Gasteiger partial charge in [-0.3, -0.25) is 4.90 Å². The highest BCUT2D eigenvalue weighted by atomic mass is 32.1. The van der Waals surface area contributed by atoms with Crippen LogP contribution in [0.5, 0.6) is 0 Å². The molecule has 0 unspecified atom stereocenters. The molecular weight excluding hydrogens is 296 g/mol. The first-order valence-electron chi connectivity index (χ1n) is 7.92. The van der Waals surface area contributed by atoms with Gasteiger partial charge in [0, 0.05) is 11.4 Å². The van der Waals surface area contributed by atoms with Crippen molar-refractivity contribution in [3.05, 3.63) is 16.3 Å². The molecule has 2 aromatic rings. The fourth-order valence-electron chi connectivity index (χ4n) is 2.59. The highest BCUT2D eigenvalue weighted by Crippen LogP contribution is 2.31. The van der Waals surface area contributed by atoms with Crippen LogP contribution in [0, 0.1) is 13.8 Å². The molecular formula is C16H26N4OS. The molecule has 0 bridgehead atoms. The number of aryl methyl sites for hydroxylation is 2. The van der Waals surface area contributed by atoms with Crippen molar-refractivity contribution in [2.24, 2.45) is 0 Å². The number of aliphatic hydroxyl groups is 1. The number of aromatic nitrogens is 2. The molecule has 0 fully saturated rings. The molecule has 2 heterocycles. The molecule has 0 aromatic carbocycles. The molecule has 0 aliphatic carbocycles. The van der Waals surface area contributed by atoms with Gasteiger partial charge in [-0.05, 0) is 32.4 Å². The Morgan fingerprint density at radius 1 is 1.18 bits per heavy atom. The highest BCUT2D eigenvalue weighted by molar-refractivity contribution is 7.18. The summed E-state index contributed by atoms with van der Waals surface area (Å²) in [6.45, 7) is 8.74. The van der Waals surface area contributed by atoms with Crippen LogP contribution < -0.4 is 5.73 Å². The summed E-state index contributed by atoms with van der Waals surface area (Å²) >= 11 is 1.67. The molecule has 0 amide bonds. The van der Waals surface area contributed by atoms with Crippen LogP contribution in [-0.2, 0) is 6.54 Å². The van der Waals surface area contributed by atoms with Gasteiger partial charge in [-0.1, -0.05) is 19.8 Å². The zero-order valence-electron chi connectivity index (χ0n) is 13.7. The number of fused-ring (bicyclic) bond motifs is 1. The number of nitrogens with zero attached hydrogens (tertiary/aromatic N) is 3. The normalized spacial score (nSPS) is 11.7. The molecule has 122 valence electrons. The lowest BCUT2D eigenvalue weighted by atomic mass is 10.2. The standard InChI is InChI=1S/C16H26N4OS/c1-4-5-6-7-20(8-9-21)10-13-18-15(17)14-11(2)12(3)22-16(14)19-13/h21H,4-10H2,1-3H3,(H2,17,18,19). The minimum Gasteiger partial charge on any atom is -0.395 e. The summed E-state index contributed by atoms with van der Waals surface area (Å²) in [5.41, 5.74) is 7.31. The third kappa shape index (κ3) is 3.94. The summed E-state index contributed by atoms with van der Waals surface area (Å²) < 4.78 is 0. The molecule has 2 aromatic heterocycles. The maximum atomic E-state index is 9.23. The fraction of sp³-hybridized carbons (Fsp3) is 0.625. The first-order valence-corrected chi connectivity index (χ1v) is 8.73. The van der Waals surface area contributed by atoms with Crippen molar-refractivity contribution in [1.29, 1.82) is 0 Å². The van der Waals surface area contributed by atoms with E-state index < -0.39 is 0 Å². The Labute approximate surface area is 136 Å². The summed E-state index contributed by atoms with van der Waals surface area (Å²) in [7, 11) is 0. The molecule has 0 saturated heterocycles. The number of aliphatic hydroxyl groups excluding tert-OH is 1. The molecule has 0 atom stereocenters. The number of hydrogen-bond donors (Lipinski definition) is 2. The zero-order valence-corrected chi connectivity index (χ0v) is 14.5. The van der Waals surface area contributed by atoms with Crippen LogP contribution in [0.4, 0.5) is 5.82 Å². The van der Waals surface area contributed by atoms with E-state index in [0.29, 0.717) is 18.9 Å². The molecule has 3 N–H and O–H groups in total. The van der Waals surface area contributed by atoms with Gasteiger partial charge < -0.3 is 10.8 Å². The van der Waals surface area contributed by atoms with Gasteiger partial charge >= 0.3 is 0 Å². The van der Waals surface area contributed by atoms with E-state index >= 15 is 0 Å². The van der Waals surface area contributed by atoms with Gasteiger partial charge in [0.15, 0.2) is 0 Å². The Kier molecular flexibility index (Phi) is 6.11. The first-order chi connectivity index (χ1) is 10.6. The first kappa shape index (κ1) is 17.1. The number of anilines is 1. The Morgan fingerprint density at radius 3 is 2.64 bits per heavy atom. The summed E-state index contributed by atoms with van der Waals surface area (Å²) in [5.74, 6) is 1.32. The van der Waals surface area contributed by atoms with Gasteiger partial charge in [0.1, 0.15) is 16.5 Å². The van der Waals surface area contributed by atoms with E-state index in [1.165, 1.54) is 23.3 Å². The van der Waals surface area contributed by atoms with Crippen molar-refractivity contribution < 1.29 is 5.11 Å². The fourth-order valence-corrected chi connectivity index (χ4v) is 3.65. The van der Waals surface area contributed by atoms with Crippen molar-refractivity contribution in [3.63, 3.8) is 0 Å². The Morgan fingerprint density at radius 2 is 1.95 bits per heavy atom. The van der Waals surface area contributed by atoms with Crippen molar-refractivity contribution in [2.75, 3.05) is 25.4 Å². The minimum absolute atomic E-state index is 0.154. The molecule has 0 spiro atoms. The summed E-state index contributed by atoms with van der Waals surface area (Å²) in [6, 6.07) is 0. The molecule has 5 nitrogen and oxygen atoms in total. The monoisotopic (exact) mass is 322 g/mol. The molecule has 6 heteroatoms. The van der Waals surface area contributed by atoms with E-state index in [4.69, 9.17) is 5.73 Å². The zero-order chi connectivity index (χ0) is 16.1. The lowest BCUT2D eigenvalue weighted by molar-refractivity contribution is 0.185. The predicted octanol–water partition coefficient (Wildman–Crippen LogP) is 2.87. The Balaban J connectivity index is 2.18. The smallest absolute Gasteiger partial charge is 0.146 e. The van der Waals surface area contributed by atoms with Gasteiger partial charge in [-0.15, -0.1) is 11.3 Å². The van der Waals surface area contributed by atoms with Crippen LogP contribution in [0.1, 0.15) is 42.5 Å². The number of rotatable bonds is 8. The van der Waals surface area contributed by atoms with Gasteiger partial charge in [0.2, 0.25) is 0 Å². The van der Waals surface area contributed by atoms with Gasteiger partial charge in [0.05, 0.1) is 18.5 Å². The van der Waals surface area contributed by atoms with Crippen LogP contribution in [0.25, 0.3) is 10.2 Å². The highest BCUT2D eigenvalue weighted by Gasteiger charge is 2.14. The minimum atomic E-state index is 0.154. The maximum absolute atomic E-state index is 9.23. The van der Waals surface area contributed by atoms with E-state index in [2.05, 4.69) is 35.6 Å². The topological polar surface area (TPSA) is 75.3 Å². The van der Waals surface area contributed by atoms with E-state index in [1.54, 1.807) is 11.3 Å². The Bertz CT molecular complexity index is 626. The second kappa shape index (κ2) is 7.85. The largest absolute Gasteiger partial charge is 0.395 e. The maximum Gasteiger partial charge on any atom is 0.146 e. The van der Waals surface area contributed by atoms with Crippen LogP contribution in [0.2, 0.25) is 0 Å². The van der Waals surface area contributed by atoms with Crippen molar-refractivity contribution in [3.8, 4) is 0 Å². The number of unbranched alkanes of at least 4 members (excludes halogenated alkanes) is 2. The van der Waals surface area contributed by atoms with Crippen LogP contribution in [0.3, 0.4) is 0 Å². The number of thiophene rings is 1. The number of nitrogen functional groups attached to an aromatic ring is 1. The molecule has 0 saturated carbocycles. The number of nitrogens with two attached hydrogens (primary N) is 1. The SMILES string of the molecule is CCCCCN(CCO)Cc1nc(N)c2c(C)c(C)sc2n1. The van der Waals surface area contributed by atoms with Crippen LogP contribution >= 0.6 is 11.3 Å².